The second-order valence-electron chi connectivity index (χ2n) is 4.82. The molecule has 0 aromatic heterocycles. The topological polar surface area (TPSA) is 38.3 Å². The molecule has 0 fully saturated rings. The van der Waals surface area contributed by atoms with Gasteiger partial charge < -0.3 is 10.1 Å². The molecule has 0 atom stereocenters. The van der Waals surface area contributed by atoms with Crippen LogP contribution in [0.15, 0.2) is 42.5 Å². The molecule has 4 heteroatoms. The maximum absolute atomic E-state index is 12.1. The highest BCUT2D eigenvalue weighted by molar-refractivity contribution is 14.1. The molecule has 0 spiro atoms. The van der Waals surface area contributed by atoms with E-state index in [0.717, 1.165) is 26.1 Å². The van der Waals surface area contributed by atoms with Gasteiger partial charge in [0.1, 0.15) is 5.75 Å². The number of hydrogen-bond donors (Lipinski definition) is 1. The summed E-state index contributed by atoms with van der Waals surface area (Å²) < 4.78 is 6.46. The molecule has 0 radical (unpaired) electrons. The standard InChI is InChI=1S/C17H18INO2/c1-12-11-14(18)8-9-15(12)19-17(20)10-7-13-5-3-4-6-16(13)21-2/h3-6,8-9,11H,7,10H2,1-2H3,(H,19,20). The molecule has 0 aliphatic rings. The number of rotatable bonds is 5. The first-order chi connectivity index (χ1) is 10.1. The third kappa shape index (κ3) is 4.46. The molecule has 0 heterocycles. The third-order valence-electron chi connectivity index (χ3n) is 3.28. The summed E-state index contributed by atoms with van der Waals surface area (Å²) in [6, 6.07) is 13.8. The van der Waals surface area contributed by atoms with Gasteiger partial charge in [0.25, 0.3) is 0 Å². The molecule has 2 aromatic carbocycles. The molecular weight excluding hydrogens is 377 g/mol. The summed E-state index contributed by atoms with van der Waals surface area (Å²) in [7, 11) is 1.65. The Morgan fingerprint density at radius 3 is 2.71 bits per heavy atom. The van der Waals surface area contributed by atoms with Gasteiger partial charge in [-0.2, -0.15) is 0 Å². The van der Waals surface area contributed by atoms with E-state index in [9.17, 15) is 4.79 Å². The van der Waals surface area contributed by atoms with E-state index in [-0.39, 0.29) is 5.91 Å². The first kappa shape index (κ1) is 15.8. The fraction of sp³-hybridized carbons (Fsp3) is 0.235. The van der Waals surface area contributed by atoms with E-state index in [1.54, 1.807) is 7.11 Å². The highest BCUT2D eigenvalue weighted by atomic mass is 127. The summed E-state index contributed by atoms with van der Waals surface area (Å²) in [5.74, 6) is 0.848. The van der Waals surface area contributed by atoms with Crippen LogP contribution in [0, 0.1) is 10.5 Å². The van der Waals surface area contributed by atoms with E-state index in [0.29, 0.717) is 12.8 Å². The predicted octanol–water partition coefficient (Wildman–Crippen LogP) is 4.18. The number of para-hydroxylation sites is 1. The maximum Gasteiger partial charge on any atom is 0.224 e. The molecule has 0 aliphatic heterocycles. The quantitative estimate of drug-likeness (QED) is 0.772. The van der Waals surface area contributed by atoms with Gasteiger partial charge in [-0.3, -0.25) is 4.79 Å². The number of carbonyl (C=O) groups excluding carboxylic acids is 1. The second-order valence-corrected chi connectivity index (χ2v) is 6.06. The van der Waals surface area contributed by atoms with Crippen molar-refractivity contribution in [3.63, 3.8) is 0 Å². The monoisotopic (exact) mass is 395 g/mol. The maximum atomic E-state index is 12.1. The molecule has 0 bridgehead atoms. The average molecular weight is 395 g/mol. The molecule has 0 saturated carbocycles. The Hall–Kier alpha value is -1.56. The number of halogens is 1. The number of hydrogen-bond acceptors (Lipinski definition) is 2. The first-order valence-corrected chi connectivity index (χ1v) is 7.86. The van der Waals surface area contributed by atoms with Gasteiger partial charge in [0.2, 0.25) is 5.91 Å². The Morgan fingerprint density at radius 2 is 2.00 bits per heavy atom. The van der Waals surface area contributed by atoms with Gasteiger partial charge in [-0.05, 0) is 71.3 Å². The second kappa shape index (κ2) is 7.45. The molecular formula is C17H18INO2. The van der Waals surface area contributed by atoms with E-state index >= 15 is 0 Å². The summed E-state index contributed by atoms with van der Waals surface area (Å²) in [6.45, 7) is 2.00. The van der Waals surface area contributed by atoms with Crippen LogP contribution in [0.1, 0.15) is 17.5 Å². The van der Waals surface area contributed by atoms with Crippen LogP contribution in [-0.4, -0.2) is 13.0 Å². The van der Waals surface area contributed by atoms with Crippen LogP contribution in [0.25, 0.3) is 0 Å². The summed E-state index contributed by atoms with van der Waals surface area (Å²) in [5.41, 5.74) is 3.00. The summed E-state index contributed by atoms with van der Waals surface area (Å²) >= 11 is 2.26. The van der Waals surface area contributed by atoms with Crippen LogP contribution in [0.5, 0.6) is 5.75 Å². The highest BCUT2D eigenvalue weighted by Crippen LogP contribution is 2.20. The zero-order valence-corrected chi connectivity index (χ0v) is 14.3. The van der Waals surface area contributed by atoms with Crippen LogP contribution in [0.3, 0.4) is 0 Å². The molecule has 1 N–H and O–H groups in total. The zero-order valence-electron chi connectivity index (χ0n) is 12.2. The number of amides is 1. The minimum absolute atomic E-state index is 0.0187. The fourth-order valence-electron chi connectivity index (χ4n) is 2.14. The number of aryl methyl sites for hydroxylation is 2. The molecule has 2 rings (SSSR count). The van der Waals surface area contributed by atoms with Crippen molar-refractivity contribution in [1.82, 2.24) is 0 Å². The Morgan fingerprint density at radius 1 is 1.24 bits per heavy atom. The lowest BCUT2D eigenvalue weighted by molar-refractivity contribution is -0.116. The van der Waals surface area contributed by atoms with Gasteiger partial charge in [-0.15, -0.1) is 0 Å². The normalized spacial score (nSPS) is 10.2. The Kier molecular flexibility index (Phi) is 5.61. The van der Waals surface area contributed by atoms with Crippen LogP contribution in [-0.2, 0) is 11.2 Å². The fourth-order valence-corrected chi connectivity index (χ4v) is 2.78. The molecule has 0 aliphatic carbocycles. The largest absolute Gasteiger partial charge is 0.496 e. The van der Waals surface area contributed by atoms with Crippen molar-refractivity contribution in [3.8, 4) is 5.75 Å². The summed E-state index contributed by atoms with van der Waals surface area (Å²) in [6.07, 6.45) is 1.10. The molecule has 0 unspecified atom stereocenters. The molecule has 0 saturated heterocycles. The molecule has 3 nitrogen and oxygen atoms in total. The predicted molar refractivity (Wildman–Crippen MR) is 93.8 cm³/mol. The van der Waals surface area contributed by atoms with E-state index < -0.39 is 0 Å². The van der Waals surface area contributed by atoms with Gasteiger partial charge in [-0.1, -0.05) is 18.2 Å². The Labute approximate surface area is 138 Å². The van der Waals surface area contributed by atoms with Crippen molar-refractivity contribution in [1.29, 1.82) is 0 Å². The van der Waals surface area contributed by atoms with Gasteiger partial charge >= 0.3 is 0 Å². The van der Waals surface area contributed by atoms with Gasteiger partial charge in [-0.25, -0.2) is 0 Å². The van der Waals surface area contributed by atoms with Crippen LogP contribution < -0.4 is 10.1 Å². The van der Waals surface area contributed by atoms with Crippen LogP contribution in [0.4, 0.5) is 5.69 Å². The summed E-state index contributed by atoms with van der Waals surface area (Å²) in [5, 5.41) is 2.96. The lowest BCUT2D eigenvalue weighted by atomic mass is 10.1. The van der Waals surface area contributed by atoms with Gasteiger partial charge in [0.05, 0.1) is 7.11 Å². The lowest BCUT2D eigenvalue weighted by Crippen LogP contribution is -2.13. The number of ether oxygens (including phenoxy) is 1. The van der Waals surface area contributed by atoms with Crippen LogP contribution in [0.2, 0.25) is 0 Å². The number of nitrogens with one attached hydrogen (secondary N) is 1. The van der Waals surface area contributed by atoms with E-state index in [1.165, 1.54) is 0 Å². The smallest absolute Gasteiger partial charge is 0.224 e. The van der Waals surface area contributed by atoms with E-state index in [2.05, 4.69) is 34.0 Å². The van der Waals surface area contributed by atoms with Crippen molar-refractivity contribution in [3.05, 3.63) is 57.2 Å². The highest BCUT2D eigenvalue weighted by Gasteiger charge is 2.08. The van der Waals surface area contributed by atoms with Crippen molar-refractivity contribution >= 4 is 34.2 Å². The van der Waals surface area contributed by atoms with Gasteiger partial charge in [0.15, 0.2) is 0 Å². The Balaban J connectivity index is 1.96. The van der Waals surface area contributed by atoms with Crippen molar-refractivity contribution < 1.29 is 9.53 Å². The minimum Gasteiger partial charge on any atom is -0.496 e. The number of methoxy groups -OCH3 is 1. The van der Waals surface area contributed by atoms with Crippen LogP contribution >= 0.6 is 22.6 Å². The summed E-state index contributed by atoms with van der Waals surface area (Å²) in [4.78, 5) is 12.1. The SMILES string of the molecule is COc1ccccc1CCC(=O)Nc1ccc(I)cc1C. The third-order valence-corrected chi connectivity index (χ3v) is 3.95. The number of anilines is 1. The zero-order chi connectivity index (χ0) is 15.2. The lowest BCUT2D eigenvalue weighted by Gasteiger charge is -2.10. The van der Waals surface area contributed by atoms with E-state index in [1.807, 2.05) is 43.3 Å². The number of benzene rings is 2. The first-order valence-electron chi connectivity index (χ1n) is 6.78. The van der Waals surface area contributed by atoms with E-state index in [4.69, 9.17) is 4.74 Å². The molecule has 110 valence electrons. The average Bonchev–Trinajstić information content (AvgIpc) is 2.48. The van der Waals surface area contributed by atoms with Crippen molar-refractivity contribution in [2.24, 2.45) is 0 Å². The van der Waals surface area contributed by atoms with Crippen molar-refractivity contribution in [2.75, 3.05) is 12.4 Å². The molecule has 1 amide bonds. The molecule has 21 heavy (non-hydrogen) atoms. The minimum atomic E-state index is 0.0187. The van der Waals surface area contributed by atoms with Gasteiger partial charge in [0, 0.05) is 15.7 Å². The Bertz CT molecular complexity index is 640. The van der Waals surface area contributed by atoms with Crippen molar-refractivity contribution in [2.45, 2.75) is 19.8 Å². The number of carbonyl (C=O) groups is 1. The molecule has 2 aromatic rings.